The van der Waals surface area contributed by atoms with Gasteiger partial charge in [0.1, 0.15) is 6.04 Å². The van der Waals surface area contributed by atoms with Crippen molar-refractivity contribution in [1.82, 2.24) is 10.2 Å². The van der Waals surface area contributed by atoms with Crippen molar-refractivity contribution in [2.75, 3.05) is 26.2 Å². The Labute approximate surface area is 110 Å². The van der Waals surface area contributed by atoms with Crippen LogP contribution in [0.3, 0.4) is 0 Å². The number of rotatable bonds is 2. The molecular weight excluding hydrogens is 261 g/mol. The first-order valence-electron chi connectivity index (χ1n) is 6.66. The average molecular weight is 280 g/mol. The maximum absolute atomic E-state index is 13.0. The van der Waals surface area contributed by atoms with Gasteiger partial charge in [0.15, 0.2) is 0 Å². The van der Waals surface area contributed by atoms with Gasteiger partial charge in [0.25, 0.3) is 0 Å². The molecule has 19 heavy (non-hydrogen) atoms. The molecular formula is C12H19F3N2O2. The molecule has 0 aliphatic carbocycles. The quantitative estimate of drug-likeness (QED) is 0.829. The molecule has 0 aromatic carbocycles. The third-order valence-electron chi connectivity index (χ3n) is 3.65. The van der Waals surface area contributed by atoms with Crippen LogP contribution in [0, 0.1) is 0 Å². The molecule has 7 heteroatoms. The minimum Gasteiger partial charge on any atom is -0.377 e. The Bertz CT molecular complexity index is 317. The van der Waals surface area contributed by atoms with Crippen LogP contribution in [0.5, 0.6) is 0 Å². The predicted molar refractivity (Wildman–Crippen MR) is 62.6 cm³/mol. The summed E-state index contributed by atoms with van der Waals surface area (Å²) < 4.78 is 44.6. The summed E-state index contributed by atoms with van der Waals surface area (Å²) in [6.45, 7) is 0.635. The highest BCUT2D eigenvalue weighted by atomic mass is 19.4. The van der Waals surface area contributed by atoms with E-state index in [1.54, 1.807) is 0 Å². The molecule has 2 aliphatic heterocycles. The van der Waals surface area contributed by atoms with Gasteiger partial charge in [0.2, 0.25) is 5.91 Å². The molecule has 0 aromatic rings. The van der Waals surface area contributed by atoms with E-state index in [4.69, 9.17) is 4.74 Å². The fourth-order valence-corrected chi connectivity index (χ4v) is 2.58. The molecule has 4 nitrogen and oxygen atoms in total. The van der Waals surface area contributed by atoms with Crippen molar-refractivity contribution in [3.8, 4) is 0 Å². The first-order chi connectivity index (χ1) is 8.97. The van der Waals surface area contributed by atoms with E-state index < -0.39 is 12.2 Å². The van der Waals surface area contributed by atoms with E-state index in [0.29, 0.717) is 6.61 Å². The van der Waals surface area contributed by atoms with E-state index in [9.17, 15) is 18.0 Å². The molecule has 1 amide bonds. The summed E-state index contributed by atoms with van der Waals surface area (Å²) in [6, 6.07) is -1.61. The summed E-state index contributed by atoms with van der Waals surface area (Å²) >= 11 is 0. The van der Waals surface area contributed by atoms with E-state index in [2.05, 4.69) is 5.32 Å². The molecule has 0 spiro atoms. The Balaban J connectivity index is 2.01. The molecule has 0 bridgehead atoms. The van der Waals surface area contributed by atoms with E-state index in [-0.39, 0.29) is 38.1 Å². The van der Waals surface area contributed by atoms with Gasteiger partial charge in [-0.2, -0.15) is 13.2 Å². The summed E-state index contributed by atoms with van der Waals surface area (Å²) in [7, 11) is 0. The van der Waals surface area contributed by atoms with E-state index in [0.717, 1.165) is 19.3 Å². The normalized spacial score (nSPS) is 30.8. The molecule has 0 aromatic heterocycles. The van der Waals surface area contributed by atoms with Crippen molar-refractivity contribution in [2.45, 2.75) is 44.0 Å². The van der Waals surface area contributed by atoms with E-state index >= 15 is 0 Å². The molecule has 2 heterocycles. The van der Waals surface area contributed by atoms with Gasteiger partial charge < -0.3 is 10.1 Å². The molecule has 1 N–H and O–H groups in total. The number of ether oxygens (including phenoxy) is 1. The van der Waals surface area contributed by atoms with Crippen LogP contribution >= 0.6 is 0 Å². The Hall–Kier alpha value is -0.820. The minimum atomic E-state index is -4.33. The topological polar surface area (TPSA) is 41.6 Å². The van der Waals surface area contributed by atoms with E-state index in [1.807, 2.05) is 0 Å². The lowest BCUT2D eigenvalue weighted by atomic mass is 10.1. The maximum atomic E-state index is 13.0. The molecule has 0 radical (unpaired) electrons. The van der Waals surface area contributed by atoms with Gasteiger partial charge in [-0.1, -0.05) is 0 Å². The van der Waals surface area contributed by atoms with Gasteiger partial charge in [0, 0.05) is 32.7 Å². The number of amides is 1. The summed E-state index contributed by atoms with van der Waals surface area (Å²) in [5.74, 6) is -0.318. The smallest absolute Gasteiger partial charge is 0.377 e. The third-order valence-corrected chi connectivity index (χ3v) is 3.65. The SMILES string of the molecule is O=C1CCN(CC2CCCCO2)C(C(F)(F)F)CN1. The summed E-state index contributed by atoms with van der Waals surface area (Å²) in [4.78, 5) is 12.6. The van der Waals surface area contributed by atoms with Crippen LogP contribution in [0.2, 0.25) is 0 Å². The molecule has 2 atom stereocenters. The summed E-state index contributed by atoms with van der Waals surface area (Å²) in [5, 5.41) is 2.33. The molecule has 2 saturated heterocycles. The molecule has 0 saturated carbocycles. The van der Waals surface area contributed by atoms with Crippen molar-refractivity contribution in [1.29, 1.82) is 0 Å². The van der Waals surface area contributed by atoms with Gasteiger partial charge in [-0.25, -0.2) is 0 Å². The Morgan fingerprint density at radius 1 is 1.37 bits per heavy atom. The van der Waals surface area contributed by atoms with Crippen LogP contribution in [-0.2, 0) is 9.53 Å². The van der Waals surface area contributed by atoms with Crippen LogP contribution in [0.15, 0.2) is 0 Å². The van der Waals surface area contributed by atoms with Crippen LogP contribution in [0.4, 0.5) is 13.2 Å². The molecule has 2 unspecified atom stereocenters. The van der Waals surface area contributed by atoms with Crippen LogP contribution in [0.1, 0.15) is 25.7 Å². The van der Waals surface area contributed by atoms with Crippen molar-refractivity contribution in [3.05, 3.63) is 0 Å². The van der Waals surface area contributed by atoms with Crippen molar-refractivity contribution in [3.63, 3.8) is 0 Å². The number of hydrogen-bond acceptors (Lipinski definition) is 3. The highest BCUT2D eigenvalue weighted by Gasteiger charge is 2.45. The number of hydrogen-bond donors (Lipinski definition) is 1. The lowest BCUT2D eigenvalue weighted by Gasteiger charge is -2.34. The summed E-state index contributed by atoms with van der Waals surface area (Å²) in [5.41, 5.74) is 0. The zero-order valence-electron chi connectivity index (χ0n) is 10.7. The lowest BCUT2D eigenvalue weighted by Crippen LogP contribution is -2.52. The van der Waals surface area contributed by atoms with Crippen LogP contribution < -0.4 is 5.32 Å². The van der Waals surface area contributed by atoms with Crippen LogP contribution in [-0.4, -0.2) is 55.4 Å². The van der Waals surface area contributed by atoms with Crippen molar-refractivity contribution < 1.29 is 22.7 Å². The number of nitrogens with zero attached hydrogens (tertiary/aromatic N) is 1. The maximum Gasteiger partial charge on any atom is 0.405 e. The second-order valence-electron chi connectivity index (χ2n) is 5.10. The predicted octanol–water partition coefficient (Wildman–Crippen LogP) is 1.31. The second kappa shape index (κ2) is 6.09. The van der Waals surface area contributed by atoms with Crippen LogP contribution in [0.25, 0.3) is 0 Å². The number of halogens is 3. The summed E-state index contributed by atoms with van der Waals surface area (Å²) in [6.07, 6.45) is -1.61. The monoisotopic (exact) mass is 280 g/mol. The fourth-order valence-electron chi connectivity index (χ4n) is 2.58. The second-order valence-corrected chi connectivity index (χ2v) is 5.10. The highest BCUT2D eigenvalue weighted by Crippen LogP contribution is 2.27. The zero-order valence-corrected chi connectivity index (χ0v) is 10.7. The number of alkyl halides is 3. The first kappa shape index (κ1) is 14.6. The minimum absolute atomic E-state index is 0.110. The number of carbonyl (C=O) groups is 1. The third kappa shape index (κ3) is 4.07. The fraction of sp³-hybridized carbons (Fsp3) is 0.917. The molecule has 2 rings (SSSR count). The van der Waals surface area contributed by atoms with Gasteiger partial charge in [-0.15, -0.1) is 0 Å². The van der Waals surface area contributed by atoms with Gasteiger partial charge in [-0.3, -0.25) is 9.69 Å². The molecule has 2 aliphatic rings. The first-order valence-corrected chi connectivity index (χ1v) is 6.66. The Kier molecular flexibility index (Phi) is 4.67. The lowest BCUT2D eigenvalue weighted by molar-refractivity contribution is -0.185. The zero-order chi connectivity index (χ0) is 13.9. The Morgan fingerprint density at radius 3 is 2.79 bits per heavy atom. The van der Waals surface area contributed by atoms with Crippen molar-refractivity contribution in [2.24, 2.45) is 0 Å². The van der Waals surface area contributed by atoms with Gasteiger partial charge >= 0.3 is 6.18 Å². The highest BCUT2D eigenvalue weighted by molar-refractivity contribution is 5.76. The van der Waals surface area contributed by atoms with Gasteiger partial charge in [-0.05, 0) is 19.3 Å². The number of carbonyl (C=O) groups excluding carboxylic acids is 1. The standard InChI is InChI=1S/C12H19F3N2O2/c13-12(14,15)10-7-16-11(18)4-5-17(10)8-9-3-1-2-6-19-9/h9-10H,1-8H2,(H,16,18). The average Bonchev–Trinajstić information content (AvgIpc) is 2.53. The van der Waals surface area contributed by atoms with E-state index in [1.165, 1.54) is 4.90 Å². The van der Waals surface area contributed by atoms with Gasteiger partial charge in [0.05, 0.1) is 6.10 Å². The largest absolute Gasteiger partial charge is 0.405 e. The molecule has 2 fully saturated rings. The molecule has 110 valence electrons. The van der Waals surface area contributed by atoms with Crippen molar-refractivity contribution >= 4 is 5.91 Å². The number of nitrogens with one attached hydrogen (secondary N) is 1. The Morgan fingerprint density at radius 2 is 2.16 bits per heavy atom.